The van der Waals surface area contributed by atoms with E-state index in [-0.39, 0.29) is 0 Å². The molecule has 2 N–H and O–H groups in total. The monoisotopic (exact) mass is 248 g/mol. The van der Waals surface area contributed by atoms with E-state index in [9.17, 15) is 0 Å². The summed E-state index contributed by atoms with van der Waals surface area (Å²) in [5.74, 6) is 0. The number of nitrogens with one attached hydrogen (secondary N) is 2. The molecule has 2 unspecified atom stereocenters. The maximum absolute atomic E-state index is 5.57. The highest BCUT2D eigenvalue weighted by Gasteiger charge is 2.14. The van der Waals surface area contributed by atoms with Gasteiger partial charge in [0, 0.05) is 32.3 Å². The van der Waals surface area contributed by atoms with Crippen molar-refractivity contribution >= 4 is 0 Å². The Hall–Kier alpha value is -0.900. The van der Waals surface area contributed by atoms with Crippen LogP contribution >= 0.6 is 0 Å². The molecule has 0 amide bonds. The van der Waals surface area contributed by atoms with Gasteiger partial charge in [-0.05, 0) is 25.3 Å². The largest absolute Gasteiger partial charge is 0.377 e. The molecule has 1 aromatic rings. The molecule has 0 saturated carbocycles. The Morgan fingerprint density at radius 2 is 2.11 bits per heavy atom. The molecular formula is C15H24N2O. The van der Waals surface area contributed by atoms with Gasteiger partial charge in [-0.25, -0.2) is 0 Å². The van der Waals surface area contributed by atoms with Gasteiger partial charge in [-0.1, -0.05) is 30.3 Å². The van der Waals surface area contributed by atoms with Crippen LogP contribution in [0.1, 0.15) is 31.4 Å². The number of rotatable bonds is 7. The SMILES string of the molecule is CC(NCCNCC1CCCO1)c1ccccc1. The predicted molar refractivity (Wildman–Crippen MR) is 74.7 cm³/mol. The molecule has 1 aliphatic rings. The highest BCUT2D eigenvalue weighted by Crippen LogP contribution is 2.11. The summed E-state index contributed by atoms with van der Waals surface area (Å²) in [7, 11) is 0. The van der Waals surface area contributed by atoms with Gasteiger partial charge in [0.1, 0.15) is 0 Å². The van der Waals surface area contributed by atoms with Crippen LogP contribution in [0.2, 0.25) is 0 Å². The van der Waals surface area contributed by atoms with Crippen molar-refractivity contribution in [3.05, 3.63) is 35.9 Å². The van der Waals surface area contributed by atoms with Crippen LogP contribution in [0.4, 0.5) is 0 Å². The van der Waals surface area contributed by atoms with Crippen LogP contribution in [0.5, 0.6) is 0 Å². The average molecular weight is 248 g/mol. The Balaban J connectivity index is 1.55. The van der Waals surface area contributed by atoms with Crippen LogP contribution in [-0.2, 0) is 4.74 Å². The zero-order chi connectivity index (χ0) is 12.6. The molecular weight excluding hydrogens is 224 g/mol. The van der Waals surface area contributed by atoms with E-state index in [0.29, 0.717) is 12.1 Å². The minimum Gasteiger partial charge on any atom is -0.377 e. The van der Waals surface area contributed by atoms with Crippen molar-refractivity contribution in [2.24, 2.45) is 0 Å². The zero-order valence-electron chi connectivity index (χ0n) is 11.2. The van der Waals surface area contributed by atoms with E-state index in [2.05, 4.69) is 47.9 Å². The maximum atomic E-state index is 5.57. The van der Waals surface area contributed by atoms with E-state index in [0.717, 1.165) is 26.2 Å². The van der Waals surface area contributed by atoms with E-state index < -0.39 is 0 Å². The number of hydrogen-bond acceptors (Lipinski definition) is 3. The Morgan fingerprint density at radius 1 is 1.28 bits per heavy atom. The highest BCUT2D eigenvalue weighted by atomic mass is 16.5. The third-order valence-electron chi connectivity index (χ3n) is 3.45. The molecule has 18 heavy (non-hydrogen) atoms. The van der Waals surface area contributed by atoms with Crippen molar-refractivity contribution in [3.63, 3.8) is 0 Å². The molecule has 0 aliphatic carbocycles. The lowest BCUT2D eigenvalue weighted by Crippen LogP contribution is -2.33. The average Bonchev–Trinajstić information content (AvgIpc) is 2.92. The van der Waals surface area contributed by atoms with Crippen molar-refractivity contribution in [1.82, 2.24) is 10.6 Å². The minimum atomic E-state index is 0.413. The van der Waals surface area contributed by atoms with E-state index in [1.54, 1.807) is 0 Å². The lowest BCUT2D eigenvalue weighted by atomic mass is 10.1. The second-order valence-electron chi connectivity index (χ2n) is 4.93. The summed E-state index contributed by atoms with van der Waals surface area (Å²) in [5.41, 5.74) is 1.34. The van der Waals surface area contributed by atoms with Crippen LogP contribution in [0, 0.1) is 0 Å². The molecule has 2 rings (SSSR count). The number of benzene rings is 1. The number of hydrogen-bond donors (Lipinski definition) is 2. The van der Waals surface area contributed by atoms with E-state index in [4.69, 9.17) is 4.74 Å². The van der Waals surface area contributed by atoms with E-state index >= 15 is 0 Å². The first-order chi connectivity index (χ1) is 8.86. The Labute approximate surface area is 110 Å². The lowest BCUT2D eigenvalue weighted by Gasteiger charge is -2.15. The van der Waals surface area contributed by atoms with Crippen LogP contribution in [0.25, 0.3) is 0 Å². The quantitative estimate of drug-likeness (QED) is 0.725. The standard InChI is InChI=1S/C15H24N2O/c1-13(14-6-3-2-4-7-14)17-10-9-16-12-15-8-5-11-18-15/h2-4,6-7,13,15-17H,5,8-12H2,1H3. The van der Waals surface area contributed by atoms with Crippen LogP contribution < -0.4 is 10.6 Å². The predicted octanol–water partition coefficient (Wildman–Crippen LogP) is 2.11. The third-order valence-corrected chi connectivity index (χ3v) is 3.45. The molecule has 0 radical (unpaired) electrons. The summed E-state index contributed by atoms with van der Waals surface area (Å²) in [4.78, 5) is 0. The van der Waals surface area contributed by atoms with Gasteiger partial charge in [-0.15, -0.1) is 0 Å². The Kier molecular flexibility index (Phi) is 5.65. The van der Waals surface area contributed by atoms with Crippen molar-refractivity contribution in [2.45, 2.75) is 31.9 Å². The second kappa shape index (κ2) is 7.52. The summed E-state index contributed by atoms with van der Waals surface area (Å²) < 4.78 is 5.57. The van der Waals surface area contributed by atoms with Crippen molar-refractivity contribution in [3.8, 4) is 0 Å². The Bertz CT molecular complexity index is 323. The van der Waals surface area contributed by atoms with E-state index in [1.165, 1.54) is 18.4 Å². The second-order valence-corrected chi connectivity index (χ2v) is 4.93. The molecule has 3 nitrogen and oxygen atoms in total. The maximum Gasteiger partial charge on any atom is 0.0700 e. The van der Waals surface area contributed by atoms with Gasteiger partial charge in [-0.2, -0.15) is 0 Å². The fraction of sp³-hybridized carbons (Fsp3) is 0.600. The van der Waals surface area contributed by atoms with Gasteiger partial charge in [0.15, 0.2) is 0 Å². The molecule has 3 heteroatoms. The first-order valence-corrected chi connectivity index (χ1v) is 6.97. The van der Waals surface area contributed by atoms with Gasteiger partial charge in [0.25, 0.3) is 0 Å². The normalized spacial score (nSPS) is 21.1. The zero-order valence-corrected chi connectivity index (χ0v) is 11.2. The van der Waals surface area contributed by atoms with Gasteiger partial charge in [0.2, 0.25) is 0 Å². The molecule has 1 aliphatic heterocycles. The fourth-order valence-corrected chi connectivity index (χ4v) is 2.31. The van der Waals surface area contributed by atoms with Gasteiger partial charge in [0.05, 0.1) is 6.10 Å². The van der Waals surface area contributed by atoms with Crippen LogP contribution in [-0.4, -0.2) is 32.3 Å². The van der Waals surface area contributed by atoms with Gasteiger partial charge < -0.3 is 15.4 Å². The van der Waals surface area contributed by atoms with Crippen LogP contribution in [0.3, 0.4) is 0 Å². The fourth-order valence-electron chi connectivity index (χ4n) is 2.31. The summed E-state index contributed by atoms with van der Waals surface area (Å²) in [6.45, 7) is 6.12. The van der Waals surface area contributed by atoms with Gasteiger partial charge >= 0.3 is 0 Å². The molecule has 0 bridgehead atoms. The molecule has 1 heterocycles. The topological polar surface area (TPSA) is 33.3 Å². The molecule has 0 spiro atoms. The summed E-state index contributed by atoms with van der Waals surface area (Å²) in [6, 6.07) is 11.0. The summed E-state index contributed by atoms with van der Waals surface area (Å²) in [6.07, 6.45) is 2.87. The molecule has 1 saturated heterocycles. The first kappa shape index (κ1) is 13.5. The smallest absolute Gasteiger partial charge is 0.0700 e. The van der Waals surface area contributed by atoms with Crippen molar-refractivity contribution in [1.29, 1.82) is 0 Å². The lowest BCUT2D eigenvalue weighted by molar-refractivity contribution is 0.110. The Morgan fingerprint density at radius 3 is 2.83 bits per heavy atom. The summed E-state index contributed by atoms with van der Waals surface area (Å²) >= 11 is 0. The first-order valence-electron chi connectivity index (χ1n) is 6.97. The highest BCUT2D eigenvalue weighted by molar-refractivity contribution is 5.17. The molecule has 1 fully saturated rings. The molecule has 2 atom stereocenters. The van der Waals surface area contributed by atoms with Gasteiger partial charge in [-0.3, -0.25) is 0 Å². The van der Waals surface area contributed by atoms with Crippen LogP contribution in [0.15, 0.2) is 30.3 Å². The summed E-state index contributed by atoms with van der Waals surface area (Å²) in [5, 5.41) is 6.97. The minimum absolute atomic E-state index is 0.413. The number of ether oxygens (including phenoxy) is 1. The molecule has 1 aromatic carbocycles. The van der Waals surface area contributed by atoms with Crippen molar-refractivity contribution < 1.29 is 4.74 Å². The van der Waals surface area contributed by atoms with Crippen molar-refractivity contribution in [2.75, 3.05) is 26.2 Å². The third kappa shape index (κ3) is 4.41. The molecule has 100 valence electrons. The van der Waals surface area contributed by atoms with E-state index in [1.807, 2.05) is 0 Å². The molecule has 0 aromatic heterocycles.